The van der Waals surface area contributed by atoms with Crippen LogP contribution in [0.1, 0.15) is 42.5 Å². The maximum absolute atomic E-state index is 12.6. The second-order valence-corrected chi connectivity index (χ2v) is 8.87. The van der Waals surface area contributed by atoms with E-state index in [1.54, 1.807) is 0 Å². The molecule has 1 aromatic rings. The Hall–Kier alpha value is -1.56. The van der Waals surface area contributed by atoms with E-state index in [1.807, 2.05) is 23.3 Å². The third kappa shape index (κ3) is 3.75. The predicted molar refractivity (Wildman–Crippen MR) is 106 cm³/mol. The van der Waals surface area contributed by atoms with Crippen LogP contribution in [0.15, 0.2) is 16.4 Å². The quantitative estimate of drug-likeness (QED) is 0.654. The predicted octanol–water partition coefficient (Wildman–Crippen LogP) is 2.72. The van der Waals surface area contributed by atoms with Crippen molar-refractivity contribution in [1.82, 2.24) is 15.1 Å². The molecule has 0 bridgehead atoms. The molecule has 1 aromatic heterocycles. The number of carbonyl (C=O) groups excluding carboxylic acids is 1. The number of guanidine groups is 1. The number of likely N-dealkylation sites (tertiary alicyclic amines) is 1. The molecule has 6 heteroatoms. The van der Waals surface area contributed by atoms with E-state index in [0.717, 1.165) is 50.4 Å². The third-order valence-electron chi connectivity index (χ3n) is 6.27. The Bertz CT molecular complexity index is 657. The van der Waals surface area contributed by atoms with Crippen molar-refractivity contribution in [3.05, 3.63) is 21.9 Å². The van der Waals surface area contributed by atoms with Gasteiger partial charge in [0.1, 0.15) is 0 Å². The van der Waals surface area contributed by atoms with Crippen LogP contribution in [0.3, 0.4) is 0 Å². The zero-order chi connectivity index (χ0) is 17.9. The van der Waals surface area contributed by atoms with Crippen molar-refractivity contribution in [2.24, 2.45) is 16.8 Å². The first-order chi connectivity index (χ1) is 12.7. The molecule has 1 aliphatic carbocycles. The van der Waals surface area contributed by atoms with Crippen LogP contribution in [-0.4, -0.2) is 54.9 Å². The first-order valence-corrected chi connectivity index (χ1v) is 10.9. The lowest BCUT2D eigenvalue weighted by atomic mass is 9.82. The SMILES string of the molecule is CN=C(NCCC(=O)N1CCc2sccc2C1)N1CC2CCCCC2C1. The van der Waals surface area contributed by atoms with E-state index in [0.29, 0.717) is 13.0 Å². The van der Waals surface area contributed by atoms with Crippen molar-refractivity contribution in [1.29, 1.82) is 0 Å². The monoisotopic (exact) mass is 374 g/mol. The van der Waals surface area contributed by atoms with Gasteiger partial charge in [0.05, 0.1) is 0 Å². The number of carbonyl (C=O) groups is 1. The van der Waals surface area contributed by atoms with Gasteiger partial charge in [0, 0.05) is 51.1 Å². The summed E-state index contributed by atoms with van der Waals surface area (Å²) in [6, 6.07) is 2.16. The van der Waals surface area contributed by atoms with E-state index in [1.165, 1.54) is 36.1 Å². The average molecular weight is 375 g/mol. The number of fused-ring (bicyclic) bond motifs is 2. The molecular formula is C20H30N4OS. The number of rotatable bonds is 3. The minimum absolute atomic E-state index is 0.250. The van der Waals surface area contributed by atoms with Crippen LogP contribution in [0.4, 0.5) is 0 Å². The number of nitrogens with zero attached hydrogens (tertiary/aromatic N) is 3. The van der Waals surface area contributed by atoms with Gasteiger partial charge in [-0.3, -0.25) is 9.79 Å². The van der Waals surface area contributed by atoms with Crippen molar-refractivity contribution in [2.75, 3.05) is 33.2 Å². The average Bonchev–Trinajstić information content (AvgIpc) is 3.30. The topological polar surface area (TPSA) is 47.9 Å². The van der Waals surface area contributed by atoms with Crippen molar-refractivity contribution in [2.45, 2.75) is 45.1 Å². The fraction of sp³-hybridized carbons (Fsp3) is 0.700. The Morgan fingerprint density at radius 3 is 2.77 bits per heavy atom. The molecule has 26 heavy (non-hydrogen) atoms. The summed E-state index contributed by atoms with van der Waals surface area (Å²) in [6.07, 6.45) is 7.06. The van der Waals surface area contributed by atoms with E-state index in [2.05, 4.69) is 26.7 Å². The summed E-state index contributed by atoms with van der Waals surface area (Å²) >= 11 is 1.81. The highest BCUT2D eigenvalue weighted by Crippen LogP contribution is 2.35. The molecule has 1 amide bonds. The number of nitrogens with one attached hydrogen (secondary N) is 1. The highest BCUT2D eigenvalue weighted by Gasteiger charge is 2.35. The van der Waals surface area contributed by atoms with Crippen molar-refractivity contribution >= 4 is 23.2 Å². The van der Waals surface area contributed by atoms with Gasteiger partial charge < -0.3 is 15.1 Å². The molecule has 2 aliphatic heterocycles. The van der Waals surface area contributed by atoms with Gasteiger partial charge in [-0.1, -0.05) is 12.8 Å². The minimum Gasteiger partial charge on any atom is -0.356 e. The Balaban J connectivity index is 1.24. The second kappa shape index (κ2) is 7.99. The molecule has 2 atom stereocenters. The molecule has 3 aliphatic rings. The third-order valence-corrected chi connectivity index (χ3v) is 7.29. The van der Waals surface area contributed by atoms with E-state index in [-0.39, 0.29) is 5.91 Å². The second-order valence-electron chi connectivity index (χ2n) is 7.87. The van der Waals surface area contributed by atoms with Crippen molar-refractivity contribution in [3.8, 4) is 0 Å². The molecule has 142 valence electrons. The number of aliphatic imine (C=N–C) groups is 1. The highest BCUT2D eigenvalue weighted by atomic mass is 32.1. The van der Waals surface area contributed by atoms with Crippen LogP contribution in [0.25, 0.3) is 0 Å². The maximum atomic E-state index is 12.6. The molecule has 0 radical (unpaired) electrons. The standard InChI is InChI=1S/C20H30N4OS/c1-21-20(24-12-15-4-2-3-5-16(15)13-24)22-9-6-19(25)23-10-7-18-17(14-23)8-11-26-18/h8,11,15-16H,2-7,9-10,12-14H2,1H3,(H,21,22). The van der Waals surface area contributed by atoms with Crippen LogP contribution in [-0.2, 0) is 17.8 Å². The molecule has 1 N–H and O–H groups in total. The van der Waals surface area contributed by atoms with Gasteiger partial charge in [0.2, 0.25) is 5.91 Å². The molecule has 3 heterocycles. The first-order valence-electron chi connectivity index (χ1n) is 10.0. The normalized spacial score (nSPS) is 25.8. The molecule has 2 fully saturated rings. The van der Waals surface area contributed by atoms with Crippen LogP contribution in [0.2, 0.25) is 0 Å². The smallest absolute Gasteiger partial charge is 0.224 e. The van der Waals surface area contributed by atoms with E-state index in [9.17, 15) is 4.79 Å². The molecular weight excluding hydrogens is 344 g/mol. The fourth-order valence-corrected chi connectivity index (χ4v) is 5.70. The van der Waals surface area contributed by atoms with Crippen molar-refractivity contribution in [3.63, 3.8) is 0 Å². The number of hydrogen-bond donors (Lipinski definition) is 1. The molecule has 0 spiro atoms. The molecule has 5 nitrogen and oxygen atoms in total. The van der Waals surface area contributed by atoms with E-state index >= 15 is 0 Å². The Morgan fingerprint density at radius 2 is 2.04 bits per heavy atom. The lowest BCUT2D eigenvalue weighted by Gasteiger charge is -2.27. The molecule has 1 saturated heterocycles. The summed E-state index contributed by atoms with van der Waals surface area (Å²) in [7, 11) is 1.86. The summed E-state index contributed by atoms with van der Waals surface area (Å²) < 4.78 is 0. The van der Waals surface area contributed by atoms with Gasteiger partial charge in [0.25, 0.3) is 0 Å². The summed E-state index contributed by atoms with van der Waals surface area (Å²) in [6.45, 7) is 4.57. The largest absolute Gasteiger partial charge is 0.356 e. The maximum Gasteiger partial charge on any atom is 0.224 e. The van der Waals surface area contributed by atoms with Gasteiger partial charge >= 0.3 is 0 Å². The van der Waals surface area contributed by atoms with Crippen LogP contribution < -0.4 is 5.32 Å². The molecule has 0 aromatic carbocycles. The van der Waals surface area contributed by atoms with E-state index < -0.39 is 0 Å². The summed E-state index contributed by atoms with van der Waals surface area (Å²) in [4.78, 5) is 22.9. The van der Waals surface area contributed by atoms with Crippen LogP contribution >= 0.6 is 11.3 Å². The summed E-state index contributed by atoms with van der Waals surface area (Å²) in [5.74, 6) is 2.92. The minimum atomic E-state index is 0.250. The van der Waals surface area contributed by atoms with Gasteiger partial charge in [-0.2, -0.15) is 0 Å². The molecule has 1 saturated carbocycles. The van der Waals surface area contributed by atoms with Gasteiger partial charge in [-0.05, 0) is 48.1 Å². The lowest BCUT2D eigenvalue weighted by molar-refractivity contribution is -0.131. The van der Waals surface area contributed by atoms with Gasteiger partial charge in [-0.15, -0.1) is 11.3 Å². The number of amides is 1. The Labute approximate surface area is 160 Å². The van der Waals surface area contributed by atoms with Gasteiger partial charge in [0.15, 0.2) is 5.96 Å². The van der Waals surface area contributed by atoms with Crippen molar-refractivity contribution < 1.29 is 4.79 Å². The number of hydrogen-bond acceptors (Lipinski definition) is 3. The first kappa shape index (κ1) is 17.8. The summed E-state index contributed by atoms with van der Waals surface area (Å²) in [5.41, 5.74) is 1.33. The summed E-state index contributed by atoms with van der Waals surface area (Å²) in [5, 5.41) is 5.57. The number of thiophene rings is 1. The highest BCUT2D eigenvalue weighted by molar-refractivity contribution is 7.10. The lowest BCUT2D eigenvalue weighted by Crippen LogP contribution is -2.42. The van der Waals surface area contributed by atoms with Crippen LogP contribution in [0.5, 0.6) is 0 Å². The molecule has 4 rings (SSSR count). The zero-order valence-electron chi connectivity index (χ0n) is 15.7. The van der Waals surface area contributed by atoms with E-state index in [4.69, 9.17) is 0 Å². The Morgan fingerprint density at radius 1 is 1.27 bits per heavy atom. The zero-order valence-corrected chi connectivity index (χ0v) is 16.6. The van der Waals surface area contributed by atoms with Crippen LogP contribution in [0, 0.1) is 11.8 Å². The van der Waals surface area contributed by atoms with Gasteiger partial charge in [-0.25, -0.2) is 0 Å². The fourth-order valence-electron chi connectivity index (χ4n) is 4.81. The molecule has 2 unspecified atom stereocenters. The Kier molecular flexibility index (Phi) is 5.48.